The minimum absolute atomic E-state index is 0.0920. The van der Waals surface area contributed by atoms with E-state index in [0.717, 1.165) is 44.2 Å². The maximum atomic E-state index is 12.4. The van der Waals surface area contributed by atoms with E-state index in [-0.39, 0.29) is 24.1 Å². The Kier molecular flexibility index (Phi) is 6.73. The number of nitrogens with one attached hydrogen (secondary N) is 2. The van der Waals surface area contributed by atoms with Gasteiger partial charge in [-0.2, -0.15) is 0 Å². The molecule has 0 bridgehead atoms. The van der Waals surface area contributed by atoms with Crippen LogP contribution in [0.1, 0.15) is 49.2 Å². The number of carbonyl (C=O) groups excluding carboxylic acids is 1. The molecule has 3 aromatic rings. The molecule has 2 heterocycles. The summed E-state index contributed by atoms with van der Waals surface area (Å²) in [5.74, 6) is -0.172. The van der Waals surface area contributed by atoms with E-state index >= 15 is 0 Å². The fourth-order valence-corrected chi connectivity index (χ4v) is 3.46. The van der Waals surface area contributed by atoms with Gasteiger partial charge < -0.3 is 24.9 Å². The first-order valence-corrected chi connectivity index (χ1v) is 10.4. The molecule has 4 rings (SSSR count). The number of hydrogen-bond acceptors (Lipinski definition) is 8. The van der Waals surface area contributed by atoms with Gasteiger partial charge in [-0.25, -0.2) is 4.98 Å². The van der Waals surface area contributed by atoms with E-state index in [4.69, 9.17) is 9.15 Å². The zero-order valence-electron chi connectivity index (χ0n) is 17.0. The van der Waals surface area contributed by atoms with E-state index in [1.54, 1.807) is 12.1 Å². The summed E-state index contributed by atoms with van der Waals surface area (Å²) in [5, 5.41) is 23.0. The number of ether oxygens (including phenoxy) is 1. The predicted octanol–water partition coefficient (Wildman–Crippen LogP) is 3.92. The van der Waals surface area contributed by atoms with Gasteiger partial charge in [0.05, 0.1) is 18.0 Å². The number of aliphatic hydroxyl groups excluding tert-OH is 1. The van der Waals surface area contributed by atoms with Gasteiger partial charge in [-0.05, 0) is 56.7 Å². The summed E-state index contributed by atoms with van der Waals surface area (Å²) in [6.45, 7) is 0. The number of pyridine rings is 1. The average Bonchev–Trinajstić information content (AvgIpc) is 3.23. The number of aromatic nitrogens is 3. The van der Waals surface area contributed by atoms with Gasteiger partial charge in [0.25, 0.3) is 0 Å². The van der Waals surface area contributed by atoms with Crippen molar-refractivity contribution in [2.75, 3.05) is 10.6 Å². The number of rotatable bonds is 6. The van der Waals surface area contributed by atoms with Gasteiger partial charge in [0.15, 0.2) is 0 Å². The van der Waals surface area contributed by atoms with Gasteiger partial charge >= 0.3 is 17.8 Å². The molecule has 2 aromatic heterocycles. The van der Waals surface area contributed by atoms with Gasteiger partial charge in [0, 0.05) is 11.8 Å². The molecule has 1 saturated carbocycles. The van der Waals surface area contributed by atoms with Crippen molar-refractivity contribution in [3.8, 4) is 5.88 Å². The van der Waals surface area contributed by atoms with Crippen LogP contribution in [0.4, 0.5) is 17.4 Å². The molecule has 1 fully saturated rings. The van der Waals surface area contributed by atoms with Crippen molar-refractivity contribution in [1.29, 1.82) is 0 Å². The lowest BCUT2D eigenvalue weighted by Crippen LogP contribution is -2.21. The van der Waals surface area contributed by atoms with E-state index in [2.05, 4.69) is 25.8 Å². The van der Waals surface area contributed by atoms with E-state index in [1.807, 2.05) is 30.3 Å². The van der Waals surface area contributed by atoms with Crippen LogP contribution in [0.15, 0.2) is 53.1 Å². The van der Waals surface area contributed by atoms with Gasteiger partial charge in [-0.15, -0.1) is 5.10 Å². The molecule has 3 N–H and O–H groups in total. The molecule has 1 aliphatic rings. The van der Waals surface area contributed by atoms with Gasteiger partial charge in [0.2, 0.25) is 5.88 Å². The Hall–Kier alpha value is -3.46. The first kappa shape index (κ1) is 20.8. The van der Waals surface area contributed by atoms with Crippen molar-refractivity contribution in [3.63, 3.8) is 0 Å². The lowest BCUT2D eigenvalue weighted by Gasteiger charge is -2.22. The highest BCUT2D eigenvalue weighted by molar-refractivity contribution is 6.00. The second-order valence-electron chi connectivity index (χ2n) is 7.50. The van der Waals surface area contributed by atoms with Crippen LogP contribution in [-0.2, 0) is 0 Å². The van der Waals surface area contributed by atoms with Crippen LogP contribution in [0.5, 0.6) is 5.88 Å². The Morgan fingerprint density at radius 2 is 1.77 bits per heavy atom. The highest BCUT2D eigenvalue weighted by Gasteiger charge is 2.18. The second-order valence-corrected chi connectivity index (χ2v) is 7.50. The van der Waals surface area contributed by atoms with Crippen molar-refractivity contribution in [2.45, 2.75) is 50.7 Å². The second kappa shape index (κ2) is 10.0. The third-order valence-electron chi connectivity index (χ3n) is 5.05. The van der Waals surface area contributed by atoms with Crippen molar-refractivity contribution in [3.05, 3.63) is 54.6 Å². The molecular weight excluding hydrogens is 398 g/mol. The molecule has 9 heteroatoms. The molecule has 0 spiro atoms. The van der Waals surface area contributed by atoms with Gasteiger partial charge in [0.1, 0.15) is 6.10 Å². The van der Waals surface area contributed by atoms with Crippen LogP contribution >= 0.6 is 0 Å². The van der Waals surface area contributed by atoms with Gasteiger partial charge in [-0.1, -0.05) is 23.3 Å². The number of nitrogens with zero attached hydrogens (tertiary/aromatic N) is 3. The van der Waals surface area contributed by atoms with E-state index < -0.39 is 5.91 Å². The SMILES string of the molecule is O=C(Nc1ccc(OC2CCCC(O)CCC2)nc1)c1nnc(Nc2ccccc2)o1. The summed E-state index contributed by atoms with van der Waals surface area (Å²) < 4.78 is 11.3. The predicted molar refractivity (Wildman–Crippen MR) is 114 cm³/mol. The summed E-state index contributed by atoms with van der Waals surface area (Å²) in [6.07, 6.45) is 6.73. The topological polar surface area (TPSA) is 122 Å². The van der Waals surface area contributed by atoms with Gasteiger partial charge in [-0.3, -0.25) is 4.79 Å². The Bertz CT molecular complexity index is 967. The fourth-order valence-electron chi connectivity index (χ4n) is 3.46. The van der Waals surface area contributed by atoms with Crippen LogP contribution in [0.3, 0.4) is 0 Å². The van der Waals surface area contributed by atoms with Crippen molar-refractivity contribution in [1.82, 2.24) is 15.2 Å². The number of amides is 1. The zero-order valence-corrected chi connectivity index (χ0v) is 17.0. The van der Waals surface area contributed by atoms with E-state index in [9.17, 15) is 9.90 Å². The summed E-state index contributed by atoms with van der Waals surface area (Å²) in [6, 6.07) is 12.9. The van der Waals surface area contributed by atoms with Crippen molar-refractivity contribution >= 4 is 23.3 Å². The third-order valence-corrected chi connectivity index (χ3v) is 5.05. The van der Waals surface area contributed by atoms with Crippen LogP contribution < -0.4 is 15.4 Å². The average molecular weight is 423 g/mol. The Morgan fingerprint density at radius 3 is 2.48 bits per heavy atom. The maximum Gasteiger partial charge on any atom is 0.320 e. The van der Waals surface area contributed by atoms with E-state index in [1.165, 1.54) is 6.20 Å². The molecule has 1 aromatic carbocycles. The van der Waals surface area contributed by atoms with Crippen LogP contribution in [0.25, 0.3) is 0 Å². The normalized spacial score (nSPS) is 19.1. The molecule has 162 valence electrons. The molecule has 0 saturated heterocycles. The molecule has 9 nitrogen and oxygen atoms in total. The fraction of sp³-hybridized carbons (Fsp3) is 0.364. The van der Waals surface area contributed by atoms with E-state index in [0.29, 0.717) is 11.6 Å². The number of carbonyl (C=O) groups is 1. The molecular formula is C22H25N5O4. The lowest BCUT2D eigenvalue weighted by molar-refractivity contribution is 0.0989. The van der Waals surface area contributed by atoms with Crippen LogP contribution in [-0.4, -0.2) is 38.4 Å². The third kappa shape index (κ3) is 6.02. The highest BCUT2D eigenvalue weighted by Crippen LogP contribution is 2.22. The Morgan fingerprint density at radius 1 is 1.00 bits per heavy atom. The summed E-state index contributed by atoms with van der Waals surface area (Å²) in [4.78, 5) is 16.6. The zero-order chi connectivity index (χ0) is 21.5. The quantitative estimate of drug-likeness (QED) is 0.545. The molecule has 0 radical (unpaired) electrons. The number of para-hydroxylation sites is 1. The standard InChI is InChI=1S/C22H25N5O4/c28-17-8-4-10-18(11-5-9-17)30-19-13-12-16(14-23-19)24-20(29)21-26-27-22(31-21)25-15-6-2-1-3-7-15/h1-3,6-7,12-14,17-18,28H,4-5,8-11H2,(H,24,29)(H,25,27). The minimum atomic E-state index is -0.525. The largest absolute Gasteiger partial charge is 0.474 e. The highest BCUT2D eigenvalue weighted by atomic mass is 16.5. The molecule has 0 unspecified atom stereocenters. The summed E-state index contributed by atoms with van der Waals surface area (Å²) >= 11 is 0. The molecule has 1 aliphatic carbocycles. The van der Waals surface area contributed by atoms with Crippen molar-refractivity contribution < 1.29 is 19.1 Å². The molecule has 31 heavy (non-hydrogen) atoms. The van der Waals surface area contributed by atoms with Crippen LogP contribution in [0.2, 0.25) is 0 Å². The molecule has 0 aliphatic heterocycles. The Labute approximate surface area is 179 Å². The first-order valence-electron chi connectivity index (χ1n) is 10.4. The molecule has 0 atom stereocenters. The summed E-state index contributed by atoms with van der Waals surface area (Å²) in [7, 11) is 0. The minimum Gasteiger partial charge on any atom is -0.474 e. The molecule has 1 amide bonds. The smallest absolute Gasteiger partial charge is 0.320 e. The lowest BCUT2D eigenvalue weighted by atomic mass is 9.97. The van der Waals surface area contributed by atoms with Crippen LogP contribution in [0, 0.1) is 0 Å². The summed E-state index contributed by atoms with van der Waals surface area (Å²) in [5.41, 5.74) is 1.27. The number of anilines is 3. The monoisotopic (exact) mass is 423 g/mol. The maximum absolute atomic E-state index is 12.4. The first-order chi connectivity index (χ1) is 15.2. The number of benzene rings is 1. The number of aliphatic hydroxyl groups is 1. The van der Waals surface area contributed by atoms with Crippen molar-refractivity contribution in [2.24, 2.45) is 0 Å². The Balaban J connectivity index is 1.30. The number of hydrogen-bond donors (Lipinski definition) is 3.